The second-order valence-electron chi connectivity index (χ2n) is 3.01. The van der Waals surface area contributed by atoms with Gasteiger partial charge in [-0.3, -0.25) is 0 Å². The Hall–Kier alpha value is 0.0500. The number of nitrogens with one attached hydrogen (secondary N) is 1. The lowest BCUT2D eigenvalue weighted by Crippen LogP contribution is -2.32. The standard InChI is InChI=1S/C10H21NS/c1-5-7-11-10(9(3)4)8-12-6-2/h10-11H,3,5-8H2,1-2,4H3. The molecule has 0 saturated carbocycles. The largest absolute Gasteiger partial charge is 0.310 e. The van der Waals surface area contributed by atoms with Crippen molar-refractivity contribution in [1.82, 2.24) is 5.32 Å². The molecule has 0 saturated heterocycles. The summed E-state index contributed by atoms with van der Waals surface area (Å²) in [7, 11) is 0. The summed E-state index contributed by atoms with van der Waals surface area (Å²) in [6, 6.07) is 0.509. The Balaban J connectivity index is 3.62. The van der Waals surface area contributed by atoms with Crippen molar-refractivity contribution in [3.63, 3.8) is 0 Å². The zero-order chi connectivity index (χ0) is 9.40. The predicted molar refractivity (Wildman–Crippen MR) is 59.9 cm³/mol. The zero-order valence-electron chi connectivity index (χ0n) is 8.52. The minimum atomic E-state index is 0.509. The maximum absolute atomic E-state index is 3.99. The van der Waals surface area contributed by atoms with Crippen LogP contribution in [0.15, 0.2) is 12.2 Å². The van der Waals surface area contributed by atoms with Crippen LogP contribution in [-0.4, -0.2) is 24.1 Å². The lowest BCUT2D eigenvalue weighted by Gasteiger charge is -2.17. The fourth-order valence-electron chi connectivity index (χ4n) is 0.930. The van der Waals surface area contributed by atoms with E-state index in [0.29, 0.717) is 6.04 Å². The van der Waals surface area contributed by atoms with Crippen molar-refractivity contribution in [2.45, 2.75) is 33.2 Å². The van der Waals surface area contributed by atoms with Gasteiger partial charge in [-0.1, -0.05) is 26.0 Å². The summed E-state index contributed by atoms with van der Waals surface area (Å²) >= 11 is 1.97. The molecule has 0 radical (unpaired) electrons. The fourth-order valence-corrected chi connectivity index (χ4v) is 1.80. The first kappa shape index (κ1) is 12.0. The molecule has 0 aliphatic heterocycles. The Bertz CT molecular complexity index is 115. The zero-order valence-corrected chi connectivity index (χ0v) is 9.34. The fraction of sp³-hybridized carbons (Fsp3) is 0.800. The Morgan fingerprint density at radius 3 is 2.58 bits per heavy atom. The van der Waals surface area contributed by atoms with Gasteiger partial charge < -0.3 is 5.32 Å². The van der Waals surface area contributed by atoms with Gasteiger partial charge in [0.25, 0.3) is 0 Å². The van der Waals surface area contributed by atoms with Crippen LogP contribution < -0.4 is 5.32 Å². The molecule has 0 amide bonds. The number of thioether (sulfide) groups is 1. The van der Waals surface area contributed by atoms with Crippen LogP contribution in [0, 0.1) is 0 Å². The molecule has 1 nitrogen and oxygen atoms in total. The van der Waals surface area contributed by atoms with Crippen LogP contribution >= 0.6 is 11.8 Å². The molecular weight excluding hydrogens is 166 g/mol. The van der Waals surface area contributed by atoms with Crippen molar-refractivity contribution in [3.8, 4) is 0 Å². The van der Waals surface area contributed by atoms with E-state index in [-0.39, 0.29) is 0 Å². The molecule has 1 N–H and O–H groups in total. The Kier molecular flexibility index (Phi) is 7.72. The summed E-state index contributed by atoms with van der Waals surface area (Å²) in [4.78, 5) is 0. The highest BCUT2D eigenvalue weighted by molar-refractivity contribution is 7.99. The van der Waals surface area contributed by atoms with E-state index in [1.807, 2.05) is 11.8 Å². The predicted octanol–water partition coefficient (Wildman–Crippen LogP) is 2.68. The van der Waals surface area contributed by atoms with Gasteiger partial charge in [0.1, 0.15) is 0 Å². The minimum absolute atomic E-state index is 0.509. The summed E-state index contributed by atoms with van der Waals surface area (Å²) in [6.45, 7) is 11.6. The molecule has 0 spiro atoms. The third-order valence-corrected chi connectivity index (χ3v) is 2.70. The van der Waals surface area contributed by atoms with Crippen LogP contribution in [0.3, 0.4) is 0 Å². The van der Waals surface area contributed by atoms with Crippen molar-refractivity contribution in [2.24, 2.45) is 0 Å². The normalized spacial score (nSPS) is 12.9. The quantitative estimate of drug-likeness (QED) is 0.615. The third-order valence-electron chi connectivity index (χ3n) is 1.72. The molecule has 0 bridgehead atoms. The van der Waals surface area contributed by atoms with Crippen molar-refractivity contribution >= 4 is 11.8 Å². The van der Waals surface area contributed by atoms with Crippen molar-refractivity contribution in [2.75, 3.05) is 18.1 Å². The summed E-state index contributed by atoms with van der Waals surface area (Å²) in [5, 5.41) is 3.48. The molecule has 12 heavy (non-hydrogen) atoms. The molecule has 0 rings (SSSR count). The van der Waals surface area contributed by atoms with Crippen LogP contribution in [0.4, 0.5) is 0 Å². The monoisotopic (exact) mass is 187 g/mol. The van der Waals surface area contributed by atoms with Gasteiger partial charge in [-0.05, 0) is 25.6 Å². The van der Waals surface area contributed by atoms with Gasteiger partial charge in [0.05, 0.1) is 0 Å². The molecule has 0 heterocycles. The van der Waals surface area contributed by atoms with Gasteiger partial charge >= 0.3 is 0 Å². The van der Waals surface area contributed by atoms with E-state index < -0.39 is 0 Å². The summed E-state index contributed by atoms with van der Waals surface area (Å²) in [6.07, 6.45) is 1.20. The van der Waals surface area contributed by atoms with E-state index in [2.05, 4.69) is 32.7 Å². The van der Waals surface area contributed by atoms with E-state index >= 15 is 0 Å². The van der Waals surface area contributed by atoms with Crippen molar-refractivity contribution < 1.29 is 0 Å². The first-order valence-electron chi connectivity index (χ1n) is 4.68. The first-order chi connectivity index (χ1) is 5.72. The van der Waals surface area contributed by atoms with Crippen LogP contribution in [0.5, 0.6) is 0 Å². The van der Waals surface area contributed by atoms with E-state index in [1.165, 1.54) is 17.7 Å². The summed E-state index contributed by atoms with van der Waals surface area (Å²) in [5.74, 6) is 2.35. The molecule has 0 aliphatic carbocycles. The SMILES string of the molecule is C=C(C)C(CSCC)NCCC. The molecule has 0 aromatic carbocycles. The Morgan fingerprint density at radius 1 is 1.50 bits per heavy atom. The van der Waals surface area contributed by atoms with E-state index in [9.17, 15) is 0 Å². The highest BCUT2D eigenvalue weighted by atomic mass is 32.2. The summed E-state index contributed by atoms with van der Waals surface area (Å²) in [5.41, 5.74) is 1.25. The second-order valence-corrected chi connectivity index (χ2v) is 4.33. The van der Waals surface area contributed by atoms with Gasteiger partial charge in [0, 0.05) is 11.8 Å². The van der Waals surface area contributed by atoms with Gasteiger partial charge in [-0.2, -0.15) is 11.8 Å². The molecule has 0 aromatic rings. The molecule has 72 valence electrons. The van der Waals surface area contributed by atoms with Crippen LogP contribution in [0.1, 0.15) is 27.2 Å². The maximum Gasteiger partial charge on any atom is 0.0365 e. The van der Waals surface area contributed by atoms with E-state index in [0.717, 1.165) is 12.3 Å². The Labute approximate surface area is 81.0 Å². The topological polar surface area (TPSA) is 12.0 Å². The maximum atomic E-state index is 3.99. The van der Waals surface area contributed by atoms with Gasteiger partial charge in [0.2, 0.25) is 0 Å². The molecule has 0 aliphatic rings. The van der Waals surface area contributed by atoms with Crippen molar-refractivity contribution in [3.05, 3.63) is 12.2 Å². The van der Waals surface area contributed by atoms with Crippen LogP contribution in [0.2, 0.25) is 0 Å². The van der Waals surface area contributed by atoms with Gasteiger partial charge in [-0.25, -0.2) is 0 Å². The Morgan fingerprint density at radius 2 is 2.17 bits per heavy atom. The van der Waals surface area contributed by atoms with Gasteiger partial charge in [0.15, 0.2) is 0 Å². The average molecular weight is 187 g/mol. The number of hydrogen-bond donors (Lipinski definition) is 1. The van der Waals surface area contributed by atoms with Crippen LogP contribution in [0.25, 0.3) is 0 Å². The lowest BCUT2D eigenvalue weighted by molar-refractivity contribution is 0.609. The molecule has 0 aromatic heterocycles. The van der Waals surface area contributed by atoms with Gasteiger partial charge in [-0.15, -0.1) is 0 Å². The first-order valence-corrected chi connectivity index (χ1v) is 5.84. The van der Waals surface area contributed by atoms with Crippen LogP contribution in [-0.2, 0) is 0 Å². The highest BCUT2D eigenvalue weighted by Gasteiger charge is 2.06. The lowest BCUT2D eigenvalue weighted by atomic mass is 10.2. The molecular formula is C10H21NS. The third kappa shape index (κ3) is 5.67. The van der Waals surface area contributed by atoms with E-state index in [4.69, 9.17) is 0 Å². The molecule has 1 unspecified atom stereocenters. The molecule has 0 fully saturated rings. The molecule has 1 atom stereocenters. The molecule has 2 heteroatoms. The number of hydrogen-bond acceptors (Lipinski definition) is 2. The van der Waals surface area contributed by atoms with Crippen molar-refractivity contribution in [1.29, 1.82) is 0 Å². The minimum Gasteiger partial charge on any atom is -0.310 e. The smallest absolute Gasteiger partial charge is 0.0365 e. The van der Waals surface area contributed by atoms with E-state index in [1.54, 1.807) is 0 Å². The average Bonchev–Trinajstić information content (AvgIpc) is 2.04. The summed E-state index contributed by atoms with van der Waals surface area (Å²) < 4.78 is 0. The number of rotatable bonds is 7. The highest BCUT2D eigenvalue weighted by Crippen LogP contribution is 2.07. The second kappa shape index (κ2) is 7.69.